The highest BCUT2D eigenvalue weighted by Crippen LogP contribution is 2.07. The largest absolute Gasteiger partial charge is 0.242 e. The van der Waals surface area contributed by atoms with Gasteiger partial charge >= 0.3 is 0 Å². The first-order chi connectivity index (χ1) is 9.86. The lowest BCUT2D eigenvalue weighted by Gasteiger charge is -2.01. The lowest BCUT2D eigenvalue weighted by Crippen LogP contribution is -1.98. The molecule has 0 atom stereocenters. The van der Waals surface area contributed by atoms with Crippen molar-refractivity contribution in [3.05, 3.63) is 35.9 Å². The van der Waals surface area contributed by atoms with Crippen LogP contribution in [0.25, 0.3) is 0 Å². The molecule has 0 aliphatic heterocycles. The summed E-state index contributed by atoms with van der Waals surface area (Å²) in [4.78, 5) is 0. The van der Waals surface area contributed by atoms with Crippen molar-refractivity contribution in [2.24, 2.45) is 5.92 Å². The van der Waals surface area contributed by atoms with Crippen molar-refractivity contribution in [3.63, 3.8) is 0 Å². The zero-order chi connectivity index (χ0) is 17.3. The summed E-state index contributed by atoms with van der Waals surface area (Å²) in [5.41, 5.74) is 1.19. The van der Waals surface area contributed by atoms with Crippen LogP contribution >= 0.6 is 0 Å². The van der Waals surface area contributed by atoms with Crippen molar-refractivity contribution in [1.82, 2.24) is 0 Å². The molecule has 0 aromatic heterocycles. The first kappa shape index (κ1) is 24.2. The number of alkyl halides is 2. The minimum absolute atomic E-state index is 0.0765. The van der Waals surface area contributed by atoms with Gasteiger partial charge in [0.05, 0.1) is 5.92 Å². The summed E-state index contributed by atoms with van der Waals surface area (Å²) in [5, 5.41) is 0. The number of terminal acetylenes is 2. The molecule has 2 heteroatoms. The van der Waals surface area contributed by atoms with Crippen LogP contribution in [0.15, 0.2) is 30.3 Å². The second-order valence-electron chi connectivity index (χ2n) is 3.90. The Bertz CT molecular complexity index is 368. The topological polar surface area (TPSA) is 0 Å². The summed E-state index contributed by atoms with van der Waals surface area (Å²) in [6.07, 6.45) is 11.2. The van der Waals surface area contributed by atoms with E-state index >= 15 is 0 Å². The number of rotatable bonds is 2. The SMILES string of the molecule is C#CC(C#C)Cc1ccccc1.CC.CC.CC(C)(F)F. The molecule has 0 saturated heterocycles. The fourth-order valence-electron chi connectivity index (χ4n) is 1.02. The summed E-state index contributed by atoms with van der Waals surface area (Å²) in [6.45, 7) is 9.71. The van der Waals surface area contributed by atoms with Gasteiger partial charge in [0.15, 0.2) is 0 Å². The van der Waals surface area contributed by atoms with Crippen LogP contribution in [-0.4, -0.2) is 5.92 Å². The molecular formula is C19H28F2. The quantitative estimate of drug-likeness (QED) is 0.602. The van der Waals surface area contributed by atoms with Gasteiger partial charge in [-0.3, -0.25) is 0 Å². The lowest BCUT2D eigenvalue weighted by atomic mass is 10.0. The minimum atomic E-state index is -2.50. The molecule has 0 saturated carbocycles. The van der Waals surface area contributed by atoms with Gasteiger partial charge < -0.3 is 0 Å². The second-order valence-corrected chi connectivity index (χ2v) is 3.90. The van der Waals surface area contributed by atoms with Crippen molar-refractivity contribution >= 4 is 0 Å². The molecule has 0 amide bonds. The molecule has 0 radical (unpaired) electrons. The number of hydrogen-bond acceptors (Lipinski definition) is 0. The van der Waals surface area contributed by atoms with Gasteiger partial charge in [-0.25, -0.2) is 8.78 Å². The van der Waals surface area contributed by atoms with E-state index < -0.39 is 5.92 Å². The molecule has 118 valence electrons. The highest BCUT2D eigenvalue weighted by atomic mass is 19.3. The van der Waals surface area contributed by atoms with Crippen molar-refractivity contribution in [1.29, 1.82) is 0 Å². The molecule has 0 aliphatic rings. The summed E-state index contributed by atoms with van der Waals surface area (Å²) in [7, 11) is 0. The molecular weight excluding hydrogens is 266 g/mol. The lowest BCUT2D eigenvalue weighted by molar-refractivity contribution is 0.0437. The highest BCUT2D eigenvalue weighted by Gasteiger charge is 2.08. The zero-order valence-corrected chi connectivity index (χ0v) is 14.1. The Morgan fingerprint density at radius 1 is 0.952 bits per heavy atom. The van der Waals surface area contributed by atoms with Crippen LogP contribution < -0.4 is 0 Å². The van der Waals surface area contributed by atoms with E-state index in [1.54, 1.807) is 0 Å². The van der Waals surface area contributed by atoms with E-state index in [0.717, 1.165) is 20.3 Å². The van der Waals surface area contributed by atoms with E-state index in [1.165, 1.54) is 5.56 Å². The van der Waals surface area contributed by atoms with E-state index in [4.69, 9.17) is 12.8 Å². The Morgan fingerprint density at radius 3 is 1.57 bits per heavy atom. The number of halogens is 2. The van der Waals surface area contributed by atoms with Crippen molar-refractivity contribution < 1.29 is 8.78 Å². The van der Waals surface area contributed by atoms with E-state index in [0.29, 0.717) is 0 Å². The van der Waals surface area contributed by atoms with Crippen LogP contribution in [0, 0.1) is 30.6 Å². The van der Waals surface area contributed by atoms with Crippen LogP contribution in [0.3, 0.4) is 0 Å². The van der Waals surface area contributed by atoms with Crippen LogP contribution in [0.2, 0.25) is 0 Å². The minimum Gasteiger partial charge on any atom is -0.208 e. The molecule has 0 nitrogen and oxygen atoms in total. The van der Waals surface area contributed by atoms with Crippen molar-refractivity contribution in [3.8, 4) is 24.7 Å². The van der Waals surface area contributed by atoms with Gasteiger partial charge in [0.25, 0.3) is 0 Å². The van der Waals surface area contributed by atoms with E-state index in [1.807, 2.05) is 58.0 Å². The fraction of sp³-hybridized carbons (Fsp3) is 0.474. The summed E-state index contributed by atoms with van der Waals surface area (Å²) in [6, 6.07) is 10.0. The molecule has 0 bridgehead atoms. The van der Waals surface area contributed by atoms with Crippen molar-refractivity contribution in [2.45, 2.75) is 53.9 Å². The van der Waals surface area contributed by atoms with Crippen LogP contribution in [0.5, 0.6) is 0 Å². The van der Waals surface area contributed by atoms with Crippen LogP contribution in [0.1, 0.15) is 47.1 Å². The van der Waals surface area contributed by atoms with Gasteiger partial charge in [0.1, 0.15) is 0 Å². The van der Waals surface area contributed by atoms with E-state index in [-0.39, 0.29) is 5.92 Å². The fourth-order valence-corrected chi connectivity index (χ4v) is 1.02. The van der Waals surface area contributed by atoms with Crippen molar-refractivity contribution in [2.75, 3.05) is 0 Å². The third-order valence-electron chi connectivity index (χ3n) is 1.69. The first-order valence-electron chi connectivity index (χ1n) is 7.21. The number of hydrogen-bond donors (Lipinski definition) is 0. The monoisotopic (exact) mass is 294 g/mol. The molecule has 0 N–H and O–H groups in total. The smallest absolute Gasteiger partial charge is 0.208 e. The molecule has 0 fully saturated rings. The van der Waals surface area contributed by atoms with Gasteiger partial charge in [0.2, 0.25) is 5.92 Å². The number of benzene rings is 1. The second kappa shape index (κ2) is 16.3. The summed E-state index contributed by atoms with van der Waals surface area (Å²) < 4.78 is 22.0. The molecule has 0 heterocycles. The maximum Gasteiger partial charge on any atom is 0.242 e. The molecule has 0 aliphatic carbocycles. The van der Waals surface area contributed by atoms with Gasteiger partial charge in [-0.05, 0) is 25.8 Å². The van der Waals surface area contributed by atoms with Gasteiger partial charge in [-0.1, -0.05) is 69.9 Å². The van der Waals surface area contributed by atoms with Crippen LogP contribution in [-0.2, 0) is 6.42 Å². The Morgan fingerprint density at radius 2 is 1.29 bits per heavy atom. The van der Waals surface area contributed by atoms with E-state index in [9.17, 15) is 8.78 Å². The molecule has 1 aromatic carbocycles. The molecule has 1 aromatic rings. The third-order valence-corrected chi connectivity index (χ3v) is 1.69. The predicted molar refractivity (Wildman–Crippen MR) is 90.3 cm³/mol. The predicted octanol–water partition coefficient (Wildman–Crippen LogP) is 5.83. The first-order valence-corrected chi connectivity index (χ1v) is 7.21. The average molecular weight is 294 g/mol. The third kappa shape index (κ3) is 23.7. The summed E-state index contributed by atoms with van der Waals surface area (Å²) >= 11 is 0. The highest BCUT2D eigenvalue weighted by molar-refractivity contribution is 5.21. The zero-order valence-electron chi connectivity index (χ0n) is 14.1. The molecule has 1 rings (SSSR count). The Kier molecular flexibility index (Phi) is 18.8. The average Bonchev–Trinajstić information content (AvgIpc) is 2.48. The van der Waals surface area contributed by atoms with Crippen LogP contribution in [0.4, 0.5) is 8.78 Å². The van der Waals surface area contributed by atoms with Gasteiger partial charge in [-0.15, -0.1) is 12.8 Å². The Hall–Kier alpha value is -1.80. The molecule has 0 spiro atoms. The van der Waals surface area contributed by atoms with Gasteiger partial charge in [-0.2, -0.15) is 0 Å². The normalized spacial score (nSPS) is 8.52. The Labute approximate surface area is 130 Å². The Balaban J connectivity index is -0.000000304. The molecule has 21 heavy (non-hydrogen) atoms. The maximum atomic E-state index is 11.0. The van der Waals surface area contributed by atoms with E-state index in [2.05, 4.69) is 11.8 Å². The van der Waals surface area contributed by atoms with Gasteiger partial charge in [0, 0.05) is 0 Å². The standard InChI is InChI=1S/C12H10.C3H6F2.2C2H6/c1-3-11(4-2)10-12-8-6-5-7-9-12;1-3(2,4)5;2*1-2/h1-2,5-9,11H,10H2;1-2H3;2*1-2H3. The maximum absolute atomic E-state index is 11.0. The molecule has 0 unspecified atom stereocenters. The summed E-state index contributed by atoms with van der Waals surface area (Å²) in [5.74, 6) is 2.55.